The Balaban J connectivity index is 1.99. The predicted molar refractivity (Wildman–Crippen MR) is 75.7 cm³/mol. The third-order valence-corrected chi connectivity index (χ3v) is 3.66. The van der Waals surface area contributed by atoms with Crippen LogP contribution in [0.25, 0.3) is 0 Å². The minimum absolute atomic E-state index is 0.0166. The molecular formula is C13H13Cl2NO5. The number of aliphatic carboxylic acids is 1. The number of carbonyl (C=O) groups is 2. The quantitative estimate of drug-likeness (QED) is 0.870. The summed E-state index contributed by atoms with van der Waals surface area (Å²) in [6.07, 6.45) is -0.822. The molecule has 21 heavy (non-hydrogen) atoms. The lowest BCUT2D eigenvalue weighted by Crippen LogP contribution is -2.42. The molecular weight excluding hydrogens is 321 g/mol. The zero-order chi connectivity index (χ0) is 15.6. The fourth-order valence-corrected chi connectivity index (χ4v) is 2.60. The highest BCUT2D eigenvalue weighted by Crippen LogP contribution is 2.27. The van der Waals surface area contributed by atoms with Crippen molar-refractivity contribution in [2.75, 3.05) is 13.2 Å². The average Bonchev–Trinajstić information content (AvgIpc) is 2.80. The molecule has 0 unspecified atom stereocenters. The third-order valence-electron chi connectivity index (χ3n) is 3.13. The molecule has 0 radical (unpaired) electrons. The topological polar surface area (TPSA) is 87.1 Å². The molecule has 114 valence electrons. The van der Waals surface area contributed by atoms with Crippen molar-refractivity contribution >= 4 is 35.1 Å². The highest BCUT2D eigenvalue weighted by atomic mass is 35.5. The molecule has 1 saturated heterocycles. The third kappa shape index (κ3) is 3.78. The number of carbonyl (C=O) groups excluding carboxylic acids is 1. The van der Waals surface area contributed by atoms with Gasteiger partial charge in [0.25, 0.3) is 5.91 Å². The van der Waals surface area contributed by atoms with Crippen LogP contribution in [0.3, 0.4) is 0 Å². The molecule has 0 bridgehead atoms. The summed E-state index contributed by atoms with van der Waals surface area (Å²) in [7, 11) is 0. The molecule has 2 N–H and O–H groups in total. The highest BCUT2D eigenvalue weighted by Gasteiger charge is 2.38. The summed E-state index contributed by atoms with van der Waals surface area (Å²) in [6, 6.07) is 3.53. The Labute approximate surface area is 130 Å². The van der Waals surface area contributed by atoms with Gasteiger partial charge < -0.3 is 19.8 Å². The van der Waals surface area contributed by atoms with E-state index >= 15 is 0 Å². The lowest BCUT2D eigenvalue weighted by Gasteiger charge is -2.21. The summed E-state index contributed by atoms with van der Waals surface area (Å²) in [5.74, 6) is -1.39. The van der Waals surface area contributed by atoms with Crippen molar-refractivity contribution in [1.82, 2.24) is 4.90 Å². The number of hydrogen-bond acceptors (Lipinski definition) is 4. The summed E-state index contributed by atoms with van der Waals surface area (Å²) < 4.78 is 5.27. The van der Waals surface area contributed by atoms with E-state index < -0.39 is 24.0 Å². The van der Waals surface area contributed by atoms with Crippen LogP contribution in [0.4, 0.5) is 0 Å². The second kappa shape index (κ2) is 6.51. The number of aliphatic hydroxyl groups is 1. The van der Waals surface area contributed by atoms with Crippen LogP contribution in [0.15, 0.2) is 18.2 Å². The van der Waals surface area contributed by atoms with E-state index in [9.17, 15) is 14.7 Å². The first-order valence-corrected chi connectivity index (χ1v) is 6.92. The number of β-amino-alcohol motifs (C(OH)–C–C–N with tert-alkyl or cyclic N) is 1. The second-order valence-electron chi connectivity index (χ2n) is 4.65. The zero-order valence-electron chi connectivity index (χ0n) is 10.8. The van der Waals surface area contributed by atoms with Gasteiger partial charge >= 0.3 is 5.97 Å². The van der Waals surface area contributed by atoms with E-state index in [1.165, 1.54) is 12.1 Å². The summed E-state index contributed by atoms with van der Waals surface area (Å²) in [4.78, 5) is 24.2. The van der Waals surface area contributed by atoms with Crippen molar-refractivity contribution in [2.45, 2.75) is 18.6 Å². The van der Waals surface area contributed by atoms with Gasteiger partial charge in [0.1, 0.15) is 11.8 Å². The minimum atomic E-state index is -1.15. The fourth-order valence-electron chi connectivity index (χ4n) is 2.14. The largest absolute Gasteiger partial charge is 0.482 e. The van der Waals surface area contributed by atoms with Crippen LogP contribution >= 0.6 is 23.2 Å². The monoisotopic (exact) mass is 333 g/mol. The van der Waals surface area contributed by atoms with Gasteiger partial charge in [-0.3, -0.25) is 4.79 Å². The van der Waals surface area contributed by atoms with Gasteiger partial charge in [0.2, 0.25) is 0 Å². The number of carboxylic acids is 1. The molecule has 0 saturated carbocycles. The Bertz CT molecular complexity index is 565. The summed E-state index contributed by atoms with van der Waals surface area (Å²) >= 11 is 11.7. The molecule has 1 amide bonds. The van der Waals surface area contributed by atoms with Crippen LogP contribution in [0.5, 0.6) is 5.75 Å². The van der Waals surface area contributed by atoms with Crippen molar-refractivity contribution < 1.29 is 24.5 Å². The number of ether oxygens (including phenoxy) is 1. The first-order chi connectivity index (χ1) is 9.88. The van der Waals surface area contributed by atoms with Gasteiger partial charge in [-0.05, 0) is 18.2 Å². The number of benzene rings is 1. The van der Waals surface area contributed by atoms with Crippen LogP contribution in [0.2, 0.25) is 10.0 Å². The van der Waals surface area contributed by atoms with Crippen molar-refractivity contribution in [1.29, 1.82) is 0 Å². The minimum Gasteiger partial charge on any atom is -0.482 e. The van der Waals surface area contributed by atoms with Gasteiger partial charge in [0.05, 0.1) is 11.1 Å². The molecule has 1 aromatic rings. The molecule has 2 atom stereocenters. The van der Waals surface area contributed by atoms with Crippen LogP contribution in [0, 0.1) is 0 Å². The van der Waals surface area contributed by atoms with Gasteiger partial charge in [0, 0.05) is 18.0 Å². The average molecular weight is 334 g/mol. The standard InChI is InChI=1S/C13H13Cl2NO5/c14-7-1-2-11(9(15)3-7)21-6-12(18)16-5-8(17)4-10(16)13(19)20/h1-3,8,10,17H,4-6H2,(H,19,20)/t8-,10+/m0/s1. The lowest BCUT2D eigenvalue weighted by atomic mass is 10.2. The molecule has 1 aliphatic rings. The van der Waals surface area contributed by atoms with Crippen molar-refractivity contribution in [3.05, 3.63) is 28.2 Å². The number of halogens is 2. The van der Waals surface area contributed by atoms with Gasteiger partial charge in [-0.25, -0.2) is 4.79 Å². The number of hydrogen-bond donors (Lipinski definition) is 2. The number of amides is 1. The van der Waals surface area contributed by atoms with Crippen molar-refractivity contribution in [3.8, 4) is 5.75 Å². The molecule has 0 aliphatic carbocycles. The predicted octanol–water partition coefficient (Wildman–Crippen LogP) is 1.42. The van der Waals surface area contributed by atoms with E-state index in [0.717, 1.165) is 4.90 Å². The Morgan fingerprint density at radius 2 is 2.10 bits per heavy atom. The number of likely N-dealkylation sites (tertiary alicyclic amines) is 1. The molecule has 2 rings (SSSR count). The maximum absolute atomic E-state index is 12.0. The molecule has 6 nitrogen and oxygen atoms in total. The number of aliphatic hydroxyl groups excluding tert-OH is 1. The van der Waals surface area contributed by atoms with Gasteiger partial charge in [-0.15, -0.1) is 0 Å². The first-order valence-electron chi connectivity index (χ1n) is 6.16. The Kier molecular flexibility index (Phi) is 4.92. The van der Waals surface area contributed by atoms with Gasteiger partial charge in [-0.1, -0.05) is 23.2 Å². The molecule has 1 heterocycles. The number of rotatable bonds is 4. The first kappa shape index (κ1) is 15.9. The summed E-state index contributed by atoms with van der Waals surface area (Å²) in [5.41, 5.74) is 0. The number of carboxylic acid groups (broad SMARTS) is 1. The maximum Gasteiger partial charge on any atom is 0.326 e. The number of nitrogens with zero attached hydrogens (tertiary/aromatic N) is 1. The van der Waals surface area contributed by atoms with Crippen molar-refractivity contribution in [3.63, 3.8) is 0 Å². The van der Waals surface area contributed by atoms with E-state index in [-0.39, 0.29) is 30.3 Å². The molecule has 0 aromatic heterocycles. The Morgan fingerprint density at radius 1 is 1.38 bits per heavy atom. The van der Waals surface area contributed by atoms with Crippen molar-refractivity contribution in [2.24, 2.45) is 0 Å². The van der Waals surface area contributed by atoms with E-state index in [1.54, 1.807) is 6.07 Å². The van der Waals surface area contributed by atoms with Gasteiger partial charge in [-0.2, -0.15) is 0 Å². The Hall–Kier alpha value is -1.50. The van der Waals surface area contributed by atoms with E-state index in [1.807, 2.05) is 0 Å². The van der Waals surface area contributed by atoms with Crippen LogP contribution < -0.4 is 4.74 Å². The second-order valence-corrected chi connectivity index (χ2v) is 5.50. The van der Waals surface area contributed by atoms with Crippen LogP contribution in [0.1, 0.15) is 6.42 Å². The zero-order valence-corrected chi connectivity index (χ0v) is 12.3. The normalized spacial score (nSPS) is 21.4. The maximum atomic E-state index is 12.0. The van der Waals surface area contributed by atoms with E-state index in [0.29, 0.717) is 5.02 Å². The van der Waals surface area contributed by atoms with Crippen LogP contribution in [-0.4, -0.2) is 52.3 Å². The molecule has 1 fully saturated rings. The lowest BCUT2D eigenvalue weighted by molar-refractivity contribution is -0.148. The molecule has 8 heteroatoms. The van der Waals surface area contributed by atoms with Crippen LogP contribution in [-0.2, 0) is 9.59 Å². The smallest absolute Gasteiger partial charge is 0.326 e. The molecule has 1 aromatic carbocycles. The molecule has 1 aliphatic heterocycles. The summed E-state index contributed by atoms with van der Waals surface area (Å²) in [6.45, 7) is -0.384. The summed E-state index contributed by atoms with van der Waals surface area (Å²) in [5, 5.41) is 19.2. The Morgan fingerprint density at radius 3 is 2.71 bits per heavy atom. The fraction of sp³-hybridized carbons (Fsp3) is 0.385. The SMILES string of the molecule is O=C(O)[C@H]1C[C@H](O)CN1C(=O)COc1ccc(Cl)cc1Cl. The molecule has 0 spiro atoms. The highest BCUT2D eigenvalue weighted by molar-refractivity contribution is 6.35. The van der Waals surface area contributed by atoms with E-state index in [2.05, 4.69) is 0 Å². The van der Waals surface area contributed by atoms with Gasteiger partial charge in [0.15, 0.2) is 6.61 Å². The van der Waals surface area contributed by atoms with E-state index in [4.69, 9.17) is 33.0 Å².